The van der Waals surface area contributed by atoms with Gasteiger partial charge in [0, 0.05) is 7.05 Å². The van der Waals surface area contributed by atoms with Gasteiger partial charge >= 0.3 is 6.09 Å². The molecule has 1 N–H and O–H groups in total. The first kappa shape index (κ1) is 11.4. The molecule has 0 fully saturated rings. The van der Waals surface area contributed by atoms with Crippen molar-refractivity contribution in [2.45, 2.75) is 6.92 Å². The second-order valence-electron chi connectivity index (χ2n) is 3.05. The lowest BCUT2D eigenvalue weighted by Gasteiger charge is -2.06. The van der Waals surface area contributed by atoms with Gasteiger partial charge in [-0.2, -0.15) is 0 Å². The Bertz CT molecular complexity index is 308. The Morgan fingerprint density at radius 3 is 2.53 bits per heavy atom. The van der Waals surface area contributed by atoms with Gasteiger partial charge in [0.25, 0.3) is 0 Å². The average molecular weight is 209 g/mol. The van der Waals surface area contributed by atoms with Crippen LogP contribution >= 0.6 is 0 Å². The number of alkyl carbamates (subject to hydrolysis) is 1. The van der Waals surface area contributed by atoms with Gasteiger partial charge in [0.15, 0.2) is 0 Å². The molecule has 4 nitrogen and oxygen atoms in total. The summed E-state index contributed by atoms with van der Waals surface area (Å²) in [6.45, 7) is 2.61. The third-order valence-corrected chi connectivity index (χ3v) is 1.81. The second-order valence-corrected chi connectivity index (χ2v) is 3.05. The fourth-order valence-electron chi connectivity index (χ4n) is 1.00. The molecular formula is C11H15NO3. The molecule has 0 aromatic heterocycles. The Labute approximate surface area is 89.2 Å². The van der Waals surface area contributed by atoms with Gasteiger partial charge in [-0.3, -0.25) is 0 Å². The van der Waals surface area contributed by atoms with Gasteiger partial charge in [0.2, 0.25) is 0 Å². The van der Waals surface area contributed by atoms with Crippen LogP contribution in [0.5, 0.6) is 5.75 Å². The maximum Gasteiger partial charge on any atom is 0.406 e. The number of hydrogen-bond acceptors (Lipinski definition) is 3. The van der Waals surface area contributed by atoms with Gasteiger partial charge in [0.05, 0.1) is 0 Å². The van der Waals surface area contributed by atoms with Crippen LogP contribution in [0.4, 0.5) is 4.79 Å². The lowest BCUT2D eigenvalue weighted by Crippen LogP contribution is -2.21. The van der Waals surface area contributed by atoms with Crippen molar-refractivity contribution in [1.82, 2.24) is 5.32 Å². The molecule has 15 heavy (non-hydrogen) atoms. The second kappa shape index (κ2) is 5.90. The molecule has 82 valence electrons. The molecule has 4 heteroatoms. The molecular weight excluding hydrogens is 194 g/mol. The van der Waals surface area contributed by atoms with Crippen molar-refractivity contribution >= 4 is 6.09 Å². The van der Waals surface area contributed by atoms with E-state index in [9.17, 15) is 4.79 Å². The van der Waals surface area contributed by atoms with E-state index in [1.54, 1.807) is 0 Å². The number of carbonyl (C=O) groups excluding carboxylic acids is 1. The normalized spacial score (nSPS) is 9.47. The van der Waals surface area contributed by atoms with E-state index in [4.69, 9.17) is 9.47 Å². The van der Waals surface area contributed by atoms with Crippen molar-refractivity contribution in [2.75, 3.05) is 20.3 Å². The highest BCUT2D eigenvalue weighted by molar-refractivity contribution is 5.66. The minimum atomic E-state index is -0.442. The molecule has 0 atom stereocenters. The first-order chi connectivity index (χ1) is 7.22. The Kier molecular flexibility index (Phi) is 4.47. The Morgan fingerprint density at radius 2 is 1.93 bits per heavy atom. The molecule has 1 aromatic rings. The van der Waals surface area contributed by atoms with Gasteiger partial charge in [-0.25, -0.2) is 4.79 Å². The van der Waals surface area contributed by atoms with Crippen LogP contribution in [-0.4, -0.2) is 26.4 Å². The van der Waals surface area contributed by atoms with Gasteiger partial charge in [-0.1, -0.05) is 17.7 Å². The topological polar surface area (TPSA) is 47.6 Å². The Hall–Kier alpha value is -1.71. The van der Waals surface area contributed by atoms with Crippen LogP contribution in [0, 0.1) is 6.92 Å². The van der Waals surface area contributed by atoms with Crippen molar-refractivity contribution in [3.63, 3.8) is 0 Å². The van der Waals surface area contributed by atoms with Gasteiger partial charge in [0.1, 0.15) is 19.0 Å². The lowest BCUT2D eigenvalue weighted by atomic mass is 10.2. The molecule has 0 heterocycles. The largest absolute Gasteiger partial charge is 0.490 e. The summed E-state index contributed by atoms with van der Waals surface area (Å²) in [4.78, 5) is 10.7. The van der Waals surface area contributed by atoms with Crippen LogP contribution in [0.2, 0.25) is 0 Å². The summed E-state index contributed by atoms with van der Waals surface area (Å²) in [6.07, 6.45) is -0.442. The molecule has 0 saturated heterocycles. The third kappa shape index (κ3) is 4.35. The number of nitrogens with one attached hydrogen (secondary N) is 1. The molecule has 1 rings (SSSR count). The minimum absolute atomic E-state index is 0.244. The summed E-state index contributed by atoms with van der Waals surface area (Å²) in [5, 5.41) is 2.35. The minimum Gasteiger partial charge on any atom is -0.490 e. The summed E-state index contributed by atoms with van der Waals surface area (Å²) >= 11 is 0. The fourth-order valence-corrected chi connectivity index (χ4v) is 1.00. The van der Waals surface area contributed by atoms with Crippen LogP contribution in [-0.2, 0) is 4.74 Å². The highest BCUT2D eigenvalue weighted by atomic mass is 16.6. The molecule has 0 aliphatic carbocycles. The van der Waals surface area contributed by atoms with Crippen LogP contribution < -0.4 is 10.1 Å². The van der Waals surface area contributed by atoms with Crippen LogP contribution in [0.1, 0.15) is 5.56 Å². The molecule has 0 aliphatic rings. The zero-order valence-electron chi connectivity index (χ0n) is 8.95. The molecule has 0 saturated carbocycles. The highest BCUT2D eigenvalue weighted by Gasteiger charge is 1.97. The first-order valence-corrected chi connectivity index (χ1v) is 4.76. The summed E-state index contributed by atoms with van der Waals surface area (Å²) < 4.78 is 10.1. The van der Waals surface area contributed by atoms with E-state index in [-0.39, 0.29) is 6.61 Å². The number of benzene rings is 1. The maximum atomic E-state index is 10.7. The fraction of sp³-hybridized carbons (Fsp3) is 0.364. The van der Waals surface area contributed by atoms with E-state index in [2.05, 4.69) is 5.32 Å². The monoisotopic (exact) mass is 209 g/mol. The molecule has 0 unspecified atom stereocenters. The number of aryl methyl sites for hydroxylation is 1. The van der Waals surface area contributed by atoms with Crippen LogP contribution in [0.25, 0.3) is 0 Å². The summed E-state index contributed by atoms with van der Waals surface area (Å²) in [5.41, 5.74) is 1.18. The SMILES string of the molecule is CNC(=O)OCCOc1ccc(C)cc1. The molecule has 1 aromatic carbocycles. The zero-order valence-corrected chi connectivity index (χ0v) is 8.95. The molecule has 0 bridgehead atoms. The van der Waals surface area contributed by atoms with E-state index in [0.29, 0.717) is 6.61 Å². The first-order valence-electron chi connectivity index (χ1n) is 4.76. The van der Waals surface area contributed by atoms with E-state index in [0.717, 1.165) is 5.75 Å². The van der Waals surface area contributed by atoms with Crippen molar-refractivity contribution in [2.24, 2.45) is 0 Å². The summed E-state index contributed by atoms with van der Waals surface area (Å²) in [6, 6.07) is 7.70. The standard InChI is InChI=1S/C11H15NO3/c1-9-3-5-10(6-4-9)14-7-8-15-11(13)12-2/h3-6H,7-8H2,1-2H3,(H,12,13). The molecule has 0 radical (unpaired) electrons. The quantitative estimate of drug-likeness (QED) is 0.768. The predicted molar refractivity (Wildman–Crippen MR) is 57.1 cm³/mol. The van der Waals surface area contributed by atoms with Gasteiger partial charge in [-0.05, 0) is 19.1 Å². The number of hydrogen-bond donors (Lipinski definition) is 1. The summed E-state index contributed by atoms with van der Waals surface area (Å²) in [7, 11) is 1.52. The maximum absolute atomic E-state index is 10.7. The van der Waals surface area contributed by atoms with Gasteiger partial charge in [-0.15, -0.1) is 0 Å². The van der Waals surface area contributed by atoms with Crippen molar-refractivity contribution in [1.29, 1.82) is 0 Å². The molecule has 0 spiro atoms. The van der Waals surface area contributed by atoms with E-state index >= 15 is 0 Å². The van der Waals surface area contributed by atoms with Crippen molar-refractivity contribution in [3.05, 3.63) is 29.8 Å². The lowest BCUT2D eigenvalue weighted by molar-refractivity contribution is 0.127. The zero-order chi connectivity index (χ0) is 11.1. The number of ether oxygens (including phenoxy) is 2. The van der Waals surface area contributed by atoms with E-state index in [1.807, 2.05) is 31.2 Å². The molecule has 1 amide bonds. The third-order valence-electron chi connectivity index (χ3n) is 1.81. The predicted octanol–water partition coefficient (Wildman–Crippen LogP) is 1.73. The number of rotatable bonds is 4. The van der Waals surface area contributed by atoms with Crippen molar-refractivity contribution < 1.29 is 14.3 Å². The van der Waals surface area contributed by atoms with E-state index in [1.165, 1.54) is 12.6 Å². The number of carbonyl (C=O) groups is 1. The van der Waals surface area contributed by atoms with Crippen LogP contribution in [0.3, 0.4) is 0 Å². The highest BCUT2D eigenvalue weighted by Crippen LogP contribution is 2.10. The van der Waals surface area contributed by atoms with Crippen LogP contribution in [0.15, 0.2) is 24.3 Å². The average Bonchev–Trinajstić information content (AvgIpc) is 2.26. The summed E-state index contributed by atoms with van der Waals surface area (Å²) in [5.74, 6) is 0.779. The number of amides is 1. The Balaban J connectivity index is 2.20. The van der Waals surface area contributed by atoms with Gasteiger partial charge < -0.3 is 14.8 Å². The van der Waals surface area contributed by atoms with Crippen molar-refractivity contribution in [3.8, 4) is 5.75 Å². The molecule has 0 aliphatic heterocycles. The Morgan fingerprint density at radius 1 is 1.27 bits per heavy atom. The smallest absolute Gasteiger partial charge is 0.406 e. The van der Waals surface area contributed by atoms with E-state index < -0.39 is 6.09 Å².